The molecule has 4 nitrogen and oxygen atoms in total. The molecule has 1 heterocycles. The second kappa shape index (κ2) is 7.43. The van der Waals surface area contributed by atoms with Gasteiger partial charge in [-0.05, 0) is 11.6 Å². The van der Waals surface area contributed by atoms with Crippen LogP contribution in [0, 0.1) is 0 Å². The average molecular weight is 286 g/mol. The first-order valence-corrected chi connectivity index (χ1v) is 6.91. The third-order valence-electron chi connectivity index (χ3n) is 3.05. The van der Waals surface area contributed by atoms with Crippen LogP contribution in [0.15, 0.2) is 48.6 Å². The van der Waals surface area contributed by atoms with Gasteiger partial charge in [-0.25, -0.2) is 4.79 Å². The van der Waals surface area contributed by atoms with Crippen molar-refractivity contribution in [2.75, 3.05) is 0 Å². The van der Waals surface area contributed by atoms with E-state index < -0.39 is 6.10 Å². The summed E-state index contributed by atoms with van der Waals surface area (Å²) in [5.74, 6) is -0.699. The molecule has 110 valence electrons. The zero-order chi connectivity index (χ0) is 15.1. The molecular weight excluding hydrogens is 268 g/mol. The molecule has 0 saturated carbocycles. The van der Waals surface area contributed by atoms with Gasteiger partial charge in [0.15, 0.2) is 0 Å². The van der Waals surface area contributed by atoms with Crippen LogP contribution in [0.5, 0.6) is 0 Å². The number of benzene rings is 1. The van der Waals surface area contributed by atoms with Crippen LogP contribution in [0.25, 0.3) is 6.08 Å². The van der Waals surface area contributed by atoms with Gasteiger partial charge in [-0.3, -0.25) is 4.79 Å². The highest BCUT2D eigenvalue weighted by molar-refractivity contribution is 5.82. The van der Waals surface area contributed by atoms with E-state index in [0.29, 0.717) is 12.8 Å². The van der Waals surface area contributed by atoms with E-state index in [4.69, 9.17) is 9.47 Å². The van der Waals surface area contributed by atoms with E-state index in [1.54, 1.807) is 6.08 Å². The summed E-state index contributed by atoms with van der Waals surface area (Å²) in [5.41, 5.74) is 1.02. The Morgan fingerprint density at radius 1 is 1.43 bits per heavy atom. The lowest BCUT2D eigenvalue weighted by atomic mass is 10.1. The first-order chi connectivity index (χ1) is 10.1. The van der Waals surface area contributed by atoms with Gasteiger partial charge in [0.1, 0.15) is 12.2 Å². The average Bonchev–Trinajstić information content (AvgIpc) is 2.45. The lowest BCUT2D eigenvalue weighted by molar-refractivity contribution is -0.149. The molecular formula is C17H18O4. The summed E-state index contributed by atoms with van der Waals surface area (Å²) in [6.07, 6.45) is 7.34. The summed E-state index contributed by atoms with van der Waals surface area (Å²) in [6.45, 7) is 1.37. The Bertz CT molecular complexity index is 545. The fourth-order valence-electron chi connectivity index (χ4n) is 2.13. The lowest BCUT2D eigenvalue weighted by Crippen LogP contribution is -2.26. The molecule has 2 atom stereocenters. The molecule has 1 aliphatic rings. The number of rotatable bonds is 5. The number of cyclic esters (lactones) is 1. The fourth-order valence-corrected chi connectivity index (χ4v) is 2.13. The molecule has 0 radical (unpaired) electrons. The highest BCUT2D eigenvalue weighted by Crippen LogP contribution is 2.17. The fraction of sp³-hybridized carbons (Fsp3) is 0.294. The van der Waals surface area contributed by atoms with Crippen molar-refractivity contribution in [1.29, 1.82) is 0 Å². The molecule has 0 fully saturated rings. The van der Waals surface area contributed by atoms with Gasteiger partial charge in [-0.1, -0.05) is 42.5 Å². The van der Waals surface area contributed by atoms with Gasteiger partial charge in [0.25, 0.3) is 0 Å². The maximum atomic E-state index is 11.2. The second-order valence-electron chi connectivity index (χ2n) is 4.85. The maximum absolute atomic E-state index is 11.2. The van der Waals surface area contributed by atoms with E-state index in [1.807, 2.05) is 42.5 Å². The third-order valence-corrected chi connectivity index (χ3v) is 3.05. The summed E-state index contributed by atoms with van der Waals surface area (Å²) < 4.78 is 10.5. The van der Waals surface area contributed by atoms with Gasteiger partial charge < -0.3 is 9.47 Å². The van der Waals surface area contributed by atoms with Crippen LogP contribution in [0.3, 0.4) is 0 Å². The molecule has 0 bridgehead atoms. The lowest BCUT2D eigenvalue weighted by Gasteiger charge is -2.22. The van der Waals surface area contributed by atoms with Crippen LogP contribution in [0.4, 0.5) is 0 Å². The highest BCUT2D eigenvalue weighted by atomic mass is 16.6. The van der Waals surface area contributed by atoms with Gasteiger partial charge in [0, 0.05) is 25.8 Å². The van der Waals surface area contributed by atoms with Gasteiger partial charge in [0.05, 0.1) is 0 Å². The Hall–Kier alpha value is -2.36. The second-order valence-corrected chi connectivity index (χ2v) is 4.85. The van der Waals surface area contributed by atoms with Crippen molar-refractivity contribution in [3.63, 3.8) is 0 Å². The highest BCUT2D eigenvalue weighted by Gasteiger charge is 2.21. The van der Waals surface area contributed by atoms with Crippen LogP contribution >= 0.6 is 0 Å². The molecule has 0 unspecified atom stereocenters. The summed E-state index contributed by atoms with van der Waals surface area (Å²) in [5, 5.41) is 0. The van der Waals surface area contributed by atoms with Crippen molar-refractivity contribution in [3.05, 3.63) is 54.1 Å². The molecule has 21 heavy (non-hydrogen) atoms. The molecule has 0 amide bonds. The minimum atomic E-state index is -0.410. The van der Waals surface area contributed by atoms with Crippen molar-refractivity contribution >= 4 is 18.0 Å². The van der Waals surface area contributed by atoms with E-state index in [1.165, 1.54) is 13.0 Å². The Morgan fingerprint density at radius 3 is 2.86 bits per heavy atom. The molecule has 0 saturated heterocycles. The quantitative estimate of drug-likeness (QED) is 0.781. The smallest absolute Gasteiger partial charge is 0.330 e. The van der Waals surface area contributed by atoms with Crippen LogP contribution in [0.1, 0.15) is 25.3 Å². The summed E-state index contributed by atoms with van der Waals surface area (Å²) in [7, 11) is 0. The van der Waals surface area contributed by atoms with Gasteiger partial charge >= 0.3 is 11.9 Å². The number of esters is 2. The monoisotopic (exact) mass is 286 g/mol. The Balaban J connectivity index is 2.00. The standard InChI is InChI=1S/C17H18O4/c1-13(18)20-16(11-10-14-6-3-2-4-7-14)12-15-8-5-9-17(19)21-15/h2-7,9-11,15-16H,8,12H2,1H3/b11-10+/t15-,16-/m0/s1. The molecule has 2 rings (SSSR count). The molecule has 0 N–H and O–H groups in total. The van der Waals surface area contributed by atoms with Crippen molar-refractivity contribution in [3.8, 4) is 0 Å². The SMILES string of the molecule is CC(=O)O[C@@H](/C=C/c1ccccc1)C[C@@H]1CC=CC(=O)O1. The molecule has 1 aromatic rings. The Kier molecular flexibility index (Phi) is 5.32. The summed E-state index contributed by atoms with van der Waals surface area (Å²) >= 11 is 0. The van der Waals surface area contributed by atoms with Gasteiger partial charge in [-0.2, -0.15) is 0 Å². The van der Waals surface area contributed by atoms with E-state index in [0.717, 1.165) is 5.56 Å². The topological polar surface area (TPSA) is 52.6 Å². The Labute approximate surface area is 124 Å². The number of ether oxygens (including phenoxy) is 2. The molecule has 0 aromatic heterocycles. The van der Waals surface area contributed by atoms with E-state index in [9.17, 15) is 9.59 Å². The van der Waals surface area contributed by atoms with Crippen LogP contribution in [-0.4, -0.2) is 24.1 Å². The zero-order valence-electron chi connectivity index (χ0n) is 11.9. The number of carbonyl (C=O) groups is 2. The minimum absolute atomic E-state index is 0.257. The first-order valence-electron chi connectivity index (χ1n) is 6.91. The molecule has 4 heteroatoms. The molecule has 0 aliphatic carbocycles. The Morgan fingerprint density at radius 2 is 2.19 bits per heavy atom. The van der Waals surface area contributed by atoms with Crippen LogP contribution < -0.4 is 0 Å². The largest absolute Gasteiger partial charge is 0.459 e. The number of hydrogen-bond donors (Lipinski definition) is 0. The number of hydrogen-bond acceptors (Lipinski definition) is 4. The third kappa shape index (κ3) is 5.26. The van der Waals surface area contributed by atoms with E-state index in [-0.39, 0.29) is 18.0 Å². The number of carbonyl (C=O) groups excluding carboxylic acids is 2. The normalized spacial score (nSPS) is 19.3. The first kappa shape index (κ1) is 15.0. The van der Waals surface area contributed by atoms with E-state index in [2.05, 4.69) is 0 Å². The van der Waals surface area contributed by atoms with Crippen molar-refractivity contribution in [2.24, 2.45) is 0 Å². The summed E-state index contributed by atoms with van der Waals surface area (Å²) in [6, 6.07) is 9.74. The predicted octanol–water partition coefficient (Wildman–Crippen LogP) is 2.89. The molecule has 1 aliphatic heterocycles. The summed E-state index contributed by atoms with van der Waals surface area (Å²) in [4.78, 5) is 22.4. The van der Waals surface area contributed by atoms with Gasteiger partial charge in [0.2, 0.25) is 0 Å². The van der Waals surface area contributed by atoms with Crippen LogP contribution in [-0.2, 0) is 19.1 Å². The predicted molar refractivity (Wildman–Crippen MR) is 79.3 cm³/mol. The van der Waals surface area contributed by atoms with E-state index >= 15 is 0 Å². The van der Waals surface area contributed by atoms with Crippen molar-refractivity contribution in [1.82, 2.24) is 0 Å². The maximum Gasteiger partial charge on any atom is 0.330 e. The van der Waals surface area contributed by atoms with Crippen molar-refractivity contribution in [2.45, 2.75) is 32.0 Å². The van der Waals surface area contributed by atoms with Crippen molar-refractivity contribution < 1.29 is 19.1 Å². The van der Waals surface area contributed by atoms with Crippen LogP contribution in [0.2, 0.25) is 0 Å². The molecule has 0 spiro atoms. The minimum Gasteiger partial charge on any atom is -0.459 e. The van der Waals surface area contributed by atoms with Gasteiger partial charge in [-0.15, -0.1) is 0 Å². The molecule has 1 aromatic carbocycles. The zero-order valence-corrected chi connectivity index (χ0v) is 11.9.